The predicted molar refractivity (Wildman–Crippen MR) is 122 cm³/mol. The molecule has 3 nitrogen and oxygen atoms in total. The van der Waals surface area contributed by atoms with Crippen molar-refractivity contribution in [2.45, 2.75) is 44.2 Å². The molecule has 1 saturated heterocycles. The molecule has 1 fully saturated rings. The molecular weight excluding hydrogens is 370 g/mol. The maximum Gasteiger partial charge on any atom is 0.115 e. The van der Waals surface area contributed by atoms with Crippen molar-refractivity contribution in [2.75, 3.05) is 13.1 Å². The highest BCUT2D eigenvalue weighted by Gasteiger charge is 2.38. The zero-order valence-electron chi connectivity index (χ0n) is 17.9. The highest BCUT2D eigenvalue weighted by molar-refractivity contribution is 5.44. The minimum Gasteiger partial charge on any atom is -0.508 e. The van der Waals surface area contributed by atoms with Crippen molar-refractivity contribution in [3.63, 3.8) is 0 Å². The van der Waals surface area contributed by atoms with E-state index in [9.17, 15) is 10.2 Å². The van der Waals surface area contributed by atoms with Crippen LogP contribution in [0, 0.1) is 0 Å². The van der Waals surface area contributed by atoms with E-state index in [4.69, 9.17) is 0 Å². The number of rotatable bonds is 5. The van der Waals surface area contributed by atoms with Gasteiger partial charge in [0.25, 0.3) is 0 Å². The molecule has 0 aromatic heterocycles. The van der Waals surface area contributed by atoms with Gasteiger partial charge in [-0.25, -0.2) is 0 Å². The van der Waals surface area contributed by atoms with E-state index in [1.807, 2.05) is 38.1 Å². The Morgan fingerprint density at radius 2 is 1.50 bits per heavy atom. The molecule has 1 heterocycles. The Bertz CT molecular complexity index is 966. The summed E-state index contributed by atoms with van der Waals surface area (Å²) in [6, 6.07) is 26.7. The third-order valence-corrected chi connectivity index (χ3v) is 6.50. The summed E-state index contributed by atoms with van der Waals surface area (Å²) in [5.41, 5.74) is 3.69. The summed E-state index contributed by atoms with van der Waals surface area (Å²) in [7, 11) is 0. The first-order chi connectivity index (χ1) is 14.4. The number of hydrogen-bond donors (Lipinski definition) is 2. The molecule has 0 aliphatic carbocycles. The normalized spacial score (nSPS) is 17.0. The van der Waals surface area contributed by atoms with Crippen LogP contribution in [0.2, 0.25) is 0 Å². The number of piperidine rings is 1. The van der Waals surface area contributed by atoms with Gasteiger partial charge in [0, 0.05) is 12.0 Å². The fourth-order valence-electron chi connectivity index (χ4n) is 4.68. The Labute approximate surface area is 179 Å². The maximum atomic E-state index is 10.3. The number of hydrogen-bond acceptors (Lipinski definition) is 3. The Morgan fingerprint density at radius 1 is 0.833 bits per heavy atom. The van der Waals surface area contributed by atoms with E-state index < -0.39 is 5.60 Å². The molecule has 30 heavy (non-hydrogen) atoms. The van der Waals surface area contributed by atoms with Crippen LogP contribution >= 0.6 is 0 Å². The van der Waals surface area contributed by atoms with Gasteiger partial charge in [0.15, 0.2) is 0 Å². The van der Waals surface area contributed by atoms with Crippen LogP contribution in [-0.2, 0) is 17.6 Å². The third-order valence-electron chi connectivity index (χ3n) is 6.50. The van der Waals surface area contributed by atoms with Crippen molar-refractivity contribution in [3.8, 4) is 5.75 Å². The van der Waals surface area contributed by atoms with Crippen LogP contribution in [-0.4, -0.2) is 28.2 Å². The molecule has 0 bridgehead atoms. The van der Waals surface area contributed by atoms with Gasteiger partial charge >= 0.3 is 0 Å². The highest BCUT2D eigenvalue weighted by Crippen LogP contribution is 2.43. The molecule has 0 amide bonds. The molecule has 3 heteroatoms. The van der Waals surface area contributed by atoms with Gasteiger partial charge in [-0.3, -0.25) is 4.90 Å². The zero-order valence-corrected chi connectivity index (χ0v) is 17.9. The first kappa shape index (κ1) is 20.6. The van der Waals surface area contributed by atoms with Gasteiger partial charge in [0.2, 0.25) is 0 Å². The summed E-state index contributed by atoms with van der Waals surface area (Å²) in [6.07, 6.45) is 1.98. The monoisotopic (exact) mass is 401 g/mol. The quantitative estimate of drug-likeness (QED) is 0.617. The van der Waals surface area contributed by atoms with Crippen LogP contribution in [0.25, 0.3) is 0 Å². The van der Waals surface area contributed by atoms with Crippen LogP contribution in [0.4, 0.5) is 0 Å². The van der Waals surface area contributed by atoms with Gasteiger partial charge in [-0.15, -0.1) is 0 Å². The number of nitrogens with zero attached hydrogens (tertiary/aromatic N) is 1. The van der Waals surface area contributed by atoms with Crippen molar-refractivity contribution in [1.29, 1.82) is 0 Å². The average molecular weight is 402 g/mol. The van der Waals surface area contributed by atoms with Gasteiger partial charge in [-0.1, -0.05) is 66.7 Å². The first-order valence-electron chi connectivity index (χ1n) is 10.8. The van der Waals surface area contributed by atoms with E-state index >= 15 is 0 Å². The van der Waals surface area contributed by atoms with Crippen molar-refractivity contribution >= 4 is 0 Å². The second-order valence-electron chi connectivity index (χ2n) is 9.03. The van der Waals surface area contributed by atoms with Crippen LogP contribution in [0.3, 0.4) is 0 Å². The Kier molecular flexibility index (Phi) is 5.68. The Morgan fingerprint density at radius 3 is 2.10 bits per heavy atom. The number of aromatic hydroxyl groups is 1. The minimum atomic E-state index is -0.851. The largest absolute Gasteiger partial charge is 0.508 e. The van der Waals surface area contributed by atoms with E-state index in [1.54, 1.807) is 6.07 Å². The van der Waals surface area contributed by atoms with Crippen molar-refractivity contribution in [2.24, 2.45) is 0 Å². The number of aliphatic hydroxyl groups is 1. The molecule has 0 saturated carbocycles. The van der Waals surface area contributed by atoms with Crippen LogP contribution in [0.1, 0.15) is 48.9 Å². The topological polar surface area (TPSA) is 43.7 Å². The van der Waals surface area contributed by atoms with Crippen LogP contribution < -0.4 is 0 Å². The van der Waals surface area contributed by atoms with E-state index in [-0.39, 0.29) is 5.41 Å². The summed E-state index contributed by atoms with van der Waals surface area (Å²) < 4.78 is 0. The average Bonchev–Trinajstić information content (AvgIpc) is 2.75. The van der Waals surface area contributed by atoms with Gasteiger partial charge in [-0.05, 0) is 74.2 Å². The summed E-state index contributed by atoms with van der Waals surface area (Å²) in [4.78, 5) is 2.52. The molecule has 2 N–H and O–H groups in total. The van der Waals surface area contributed by atoms with Gasteiger partial charge in [0.1, 0.15) is 5.75 Å². The number of phenolic OH excluding ortho intramolecular Hbond substituents is 1. The lowest BCUT2D eigenvalue weighted by atomic mass is 9.67. The van der Waals surface area contributed by atoms with Gasteiger partial charge in [0.05, 0.1) is 5.60 Å². The molecule has 0 spiro atoms. The summed E-state index contributed by atoms with van der Waals surface area (Å²) in [6.45, 7) is 6.59. The van der Waals surface area contributed by atoms with Gasteiger partial charge in [-0.2, -0.15) is 0 Å². The standard InChI is InChI=1S/C27H31NO2/c1-26(2,30)22-11-13-23(14-12-22)27(24-9-6-10-25(29)19-24)15-17-28(18-16-27)20-21-7-4-3-5-8-21/h3-14,19,29-30H,15-18,20H2,1-2H3. The second-order valence-corrected chi connectivity index (χ2v) is 9.03. The lowest BCUT2D eigenvalue weighted by Gasteiger charge is -2.43. The van der Waals surface area contributed by atoms with Crippen molar-refractivity contribution in [3.05, 3.63) is 101 Å². The summed E-state index contributed by atoms with van der Waals surface area (Å²) in [5, 5.41) is 20.5. The Hall–Kier alpha value is -2.62. The van der Waals surface area contributed by atoms with Crippen molar-refractivity contribution < 1.29 is 10.2 Å². The maximum absolute atomic E-state index is 10.3. The minimum absolute atomic E-state index is 0.135. The molecule has 3 aromatic carbocycles. The molecule has 156 valence electrons. The lowest BCUT2D eigenvalue weighted by molar-refractivity contribution is 0.0785. The molecule has 1 aliphatic rings. The number of likely N-dealkylation sites (tertiary alicyclic amines) is 1. The van der Waals surface area contributed by atoms with Crippen molar-refractivity contribution in [1.82, 2.24) is 4.90 Å². The van der Waals surface area contributed by atoms with E-state index in [2.05, 4.69) is 53.4 Å². The molecule has 1 aliphatic heterocycles. The summed E-state index contributed by atoms with van der Waals surface area (Å²) >= 11 is 0. The summed E-state index contributed by atoms with van der Waals surface area (Å²) in [5.74, 6) is 0.312. The number of benzene rings is 3. The smallest absolute Gasteiger partial charge is 0.115 e. The number of phenols is 1. The lowest BCUT2D eigenvalue weighted by Crippen LogP contribution is -2.43. The van der Waals surface area contributed by atoms with E-state index in [0.717, 1.165) is 43.6 Å². The van der Waals surface area contributed by atoms with Crippen LogP contribution in [0.5, 0.6) is 5.75 Å². The highest BCUT2D eigenvalue weighted by atomic mass is 16.3. The fourth-order valence-corrected chi connectivity index (χ4v) is 4.68. The molecule has 4 rings (SSSR count). The second kappa shape index (κ2) is 8.25. The molecule has 3 aromatic rings. The third kappa shape index (κ3) is 4.28. The molecule has 0 atom stereocenters. The zero-order chi connectivity index (χ0) is 21.2. The first-order valence-corrected chi connectivity index (χ1v) is 10.8. The molecule has 0 unspecified atom stereocenters. The molecular formula is C27H31NO2. The fraction of sp³-hybridized carbons (Fsp3) is 0.333. The van der Waals surface area contributed by atoms with E-state index in [0.29, 0.717) is 5.75 Å². The van der Waals surface area contributed by atoms with E-state index in [1.165, 1.54) is 11.1 Å². The Balaban J connectivity index is 1.63. The predicted octanol–water partition coefficient (Wildman–Crippen LogP) is 5.20. The van der Waals surface area contributed by atoms with Gasteiger partial charge < -0.3 is 10.2 Å². The van der Waals surface area contributed by atoms with Crippen LogP contribution in [0.15, 0.2) is 78.9 Å². The SMILES string of the molecule is CC(C)(O)c1ccc(C2(c3cccc(O)c3)CCN(Cc3ccccc3)CC2)cc1. The molecule has 0 radical (unpaired) electrons.